The van der Waals surface area contributed by atoms with E-state index in [0.29, 0.717) is 10.7 Å². The number of ether oxygens (including phenoxy) is 1. The molecule has 3 rings (SSSR count). The van der Waals surface area contributed by atoms with Crippen LogP contribution in [0.5, 0.6) is 5.75 Å². The molecule has 0 aliphatic heterocycles. The standard InChI is InChI=1S/C19H17N3O3S/c1-25-16-8-4-13(5-9-16)17-12-26-19(21-17)22-18(24)14-2-6-15(7-3-14)20-10-11-23/h2-9,11-12,20H,10H2,1H3,(H,21,22,24). The van der Waals surface area contributed by atoms with E-state index in [2.05, 4.69) is 15.6 Å². The number of carbonyl (C=O) groups excluding carboxylic acids is 2. The van der Waals surface area contributed by atoms with Crippen molar-refractivity contribution in [1.82, 2.24) is 4.98 Å². The third-order valence-electron chi connectivity index (χ3n) is 3.65. The normalized spacial score (nSPS) is 10.2. The van der Waals surface area contributed by atoms with Crippen LogP contribution in [0.4, 0.5) is 10.8 Å². The van der Waals surface area contributed by atoms with E-state index in [0.717, 1.165) is 29.0 Å². The number of amides is 1. The van der Waals surface area contributed by atoms with Crippen molar-refractivity contribution in [3.8, 4) is 17.0 Å². The van der Waals surface area contributed by atoms with Gasteiger partial charge in [-0.05, 0) is 48.5 Å². The summed E-state index contributed by atoms with van der Waals surface area (Å²) in [5.74, 6) is 0.547. The number of rotatable bonds is 7. The molecule has 0 fully saturated rings. The van der Waals surface area contributed by atoms with Crippen LogP contribution in [0, 0.1) is 0 Å². The summed E-state index contributed by atoms with van der Waals surface area (Å²) >= 11 is 1.37. The van der Waals surface area contributed by atoms with Gasteiger partial charge in [0, 0.05) is 22.2 Å². The molecule has 0 bridgehead atoms. The van der Waals surface area contributed by atoms with Crippen LogP contribution in [-0.4, -0.2) is 30.8 Å². The Morgan fingerprint density at radius 2 is 1.88 bits per heavy atom. The van der Waals surface area contributed by atoms with Gasteiger partial charge in [-0.15, -0.1) is 11.3 Å². The van der Waals surface area contributed by atoms with E-state index in [9.17, 15) is 9.59 Å². The number of benzene rings is 2. The molecule has 0 unspecified atom stereocenters. The molecule has 2 N–H and O–H groups in total. The topological polar surface area (TPSA) is 80.3 Å². The summed E-state index contributed by atoms with van der Waals surface area (Å²) < 4.78 is 5.15. The minimum atomic E-state index is -0.234. The summed E-state index contributed by atoms with van der Waals surface area (Å²) in [7, 11) is 1.62. The molecule has 1 amide bonds. The quantitative estimate of drug-likeness (QED) is 0.623. The summed E-state index contributed by atoms with van der Waals surface area (Å²) in [5.41, 5.74) is 3.04. The molecule has 1 heterocycles. The summed E-state index contributed by atoms with van der Waals surface area (Å²) in [6, 6.07) is 14.5. The molecular formula is C19H17N3O3S. The van der Waals surface area contributed by atoms with Crippen LogP contribution in [0.3, 0.4) is 0 Å². The van der Waals surface area contributed by atoms with E-state index < -0.39 is 0 Å². The molecule has 6 nitrogen and oxygen atoms in total. The number of methoxy groups -OCH3 is 1. The molecule has 7 heteroatoms. The Balaban J connectivity index is 1.66. The predicted octanol–water partition coefficient (Wildman–Crippen LogP) is 3.68. The van der Waals surface area contributed by atoms with Crippen molar-refractivity contribution in [2.24, 2.45) is 0 Å². The Hall–Kier alpha value is -3.19. The number of aldehydes is 1. The average Bonchev–Trinajstić information content (AvgIpc) is 3.15. The van der Waals surface area contributed by atoms with Gasteiger partial charge in [-0.25, -0.2) is 4.98 Å². The van der Waals surface area contributed by atoms with Crippen molar-refractivity contribution in [3.63, 3.8) is 0 Å². The zero-order valence-electron chi connectivity index (χ0n) is 14.1. The molecule has 2 aromatic carbocycles. The van der Waals surface area contributed by atoms with Crippen molar-refractivity contribution in [2.75, 3.05) is 24.3 Å². The number of nitrogens with zero attached hydrogens (tertiary/aromatic N) is 1. The van der Waals surface area contributed by atoms with Crippen molar-refractivity contribution >= 4 is 34.3 Å². The number of thiazole rings is 1. The van der Waals surface area contributed by atoms with E-state index in [4.69, 9.17) is 4.74 Å². The van der Waals surface area contributed by atoms with Gasteiger partial charge in [0.05, 0.1) is 19.3 Å². The highest BCUT2D eigenvalue weighted by atomic mass is 32.1. The molecule has 0 aliphatic rings. The fraction of sp³-hybridized carbons (Fsp3) is 0.105. The fourth-order valence-electron chi connectivity index (χ4n) is 2.29. The average molecular weight is 367 g/mol. The van der Waals surface area contributed by atoms with Gasteiger partial charge in [-0.3, -0.25) is 10.1 Å². The van der Waals surface area contributed by atoms with Crippen LogP contribution in [0.25, 0.3) is 11.3 Å². The largest absolute Gasteiger partial charge is 0.497 e. The molecule has 1 aromatic heterocycles. The lowest BCUT2D eigenvalue weighted by atomic mass is 10.2. The monoisotopic (exact) mass is 367 g/mol. The van der Waals surface area contributed by atoms with Crippen molar-refractivity contribution in [2.45, 2.75) is 0 Å². The molecule has 0 spiro atoms. The highest BCUT2D eigenvalue weighted by molar-refractivity contribution is 7.14. The van der Waals surface area contributed by atoms with E-state index >= 15 is 0 Å². The van der Waals surface area contributed by atoms with Gasteiger partial charge in [0.2, 0.25) is 0 Å². The van der Waals surface area contributed by atoms with E-state index in [1.807, 2.05) is 29.6 Å². The van der Waals surface area contributed by atoms with Gasteiger partial charge >= 0.3 is 0 Å². The first-order chi connectivity index (χ1) is 12.7. The fourth-order valence-corrected chi connectivity index (χ4v) is 3.01. The number of hydrogen-bond acceptors (Lipinski definition) is 6. The van der Waals surface area contributed by atoms with Gasteiger partial charge in [-0.1, -0.05) is 0 Å². The number of carbonyl (C=O) groups is 2. The SMILES string of the molecule is COc1ccc(-c2csc(NC(=O)c3ccc(NCC=O)cc3)n2)cc1. The molecule has 0 aliphatic carbocycles. The second kappa shape index (κ2) is 8.26. The van der Waals surface area contributed by atoms with Crippen molar-refractivity contribution in [3.05, 3.63) is 59.5 Å². The lowest BCUT2D eigenvalue weighted by Gasteiger charge is -2.05. The van der Waals surface area contributed by atoms with Crippen LogP contribution in [0.1, 0.15) is 10.4 Å². The van der Waals surface area contributed by atoms with Gasteiger partial charge in [0.15, 0.2) is 5.13 Å². The first kappa shape index (κ1) is 17.6. The highest BCUT2D eigenvalue weighted by Crippen LogP contribution is 2.26. The van der Waals surface area contributed by atoms with Gasteiger partial charge in [-0.2, -0.15) is 0 Å². The third kappa shape index (κ3) is 4.25. The Kier molecular flexibility index (Phi) is 5.60. The zero-order chi connectivity index (χ0) is 18.4. The number of aromatic nitrogens is 1. The smallest absolute Gasteiger partial charge is 0.257 e. The molecule has 0 radical (unpaired) electrons. The Bertz CT molecular complexity index is 889. The van der Waals surface area contributed by atoms with E-state index in [-0.39, 0.29) is 12.5 Å². The molecule has 3 aromatic rings. The molecular weight excluding hydrogens is 350 g/mol. The summed E-state index contributed by atoms with van der Waals surface area (Å²) in [6.07, 6.45) is 0.781. The van der Waals surface area contributed by atoms with Crippen molar-refractivity contribution < 1.29 is 14.3 Å². The minimum Gasteiger partial charge on any atom is -0.497 e. The minimum absolute atomic E-state index is 0.234. The Morgan fingerprint density at radius 1 is 1.15 bits per heavy atom. The molecule has 0 saturated carbocycles. The van der Waals surface area contributed by atoms with Crippen LogP contribution < -0.4 is 15.4 Å². The van der Waals surface area contributed by atoms with Crippen molar-refractivity contribution in [1.29, 1.82) is 0 Å². The number of nitrogens with one attached hydrogen (secondary N) is 2. The zero-order valence-corrected chi connectivity index (χ0v) is 14.9. The van der Waals surface area contributed by atoms with Crippen LogP contribution >= 0.6 is 11.3 Å². The predicted molar refractivity (Wildman–Crippen MR) is 103 cm³/mol. The second-order valence-corrected chi connectivity index (χ2v) is 6.20. The summed E-state index contributed by atoms with van der Waals surface area (Å²) in [6.45, 7) is 0.235. The first-order valence-electron chi connectivity index (χ1n) is 7.88. The molecule has 132 valence electrons. The number of anilines is 2. The maximum atomic E-state index is 12.3. The van der Waals surface area contributed by atoms with E-state index in [1.54, 1.807) is 31.4 Å². The second-order valence-electron chi connectivity index (χ2n) is 5.35. The molecule has 0 atom stereocenters. The Labute approximate surface area is 154 Å². The van der Waals surface area contributed by atoms with Crippen LogP contribution in [0.2, 0.25) is 0 Å². The van der Waals surface area contributed by atoms with E-state index in [1.165, 1.54) is 11.3 Å². The van der Waals surface area contributed by atoms with Crippen LogP contribution in [0.15, 0.2) is 53.9 Å². The van der Waals surface area contributed by atoms with Gasteiger partial charge in [0.1, 0.15) is 12.0 Å². The highest BCUT2D eigenvalue weighted by Gasteiger charge is 2.10. The Morgan fingerprint density at radius 3 is 2.54 bits per heavy atom. The summed E-state index contributed by atoms with van der Waals surface area (Å²) in [4.78, 5) is 27.1. The number of hydrogen-bond donors (Lipinski definition) is 2. The van der Waals surface area contributed by atoms with Gasteiger partial charge in [0.25, 0.3) is 5.91 Å². The summed E-state index contributed by atoms with van der Waals surface area (Å²) in [5, 5.41) is 8.15. The first-order valence-corrected chi connectivity index (χ1v) is 8.76. The molecule has 0 saturated heterocycles. The third-order valence-corrected chi connectivity index (χ3v) is 4.40. The molecule has 26 heavy (non-hydrogen) atoms. The maximum Gasteiger partial charge on any atom is 0.257 e. The lowest BCUT2D eigenvalue weighted by Crippen LogP contribution is -2.11. The maximum absolute atomic E-state index is 12.3. The van der Waals surface area contributed by atoms with Crippen LogP contribution in [-0.2, 0) is 4.79 Å². The van der Waals surface area contributed by atoms with Gasteiger partial charge < -0.3 is 14.8 Å². The lowest BCUT2D eigenvalue weighted by molar-refractivity contribution is -0.106.